The summed E-state index contributed by atoms with van der Waals surface area (Å²) in [5.74, 6) is 2.77. The number of anilines is 3. The zero-order valence-corrected chi connectivity index (χ0v) is 9.20. The van der Waals surface area contributed by atoms with Gasteiger partial charge in [-0.25, -0.2) is 0 Å². The molecule has 0 spiro atoms. The van der Waals surface area contributed by atoms with Crippen molar-refractivity contribution in [2.24, 2.45) is 5.92 Å². The van der Waals surface area contributed by atoms with Crippen molar-refractivity contribution in [1.29, 1.82) is 0 Å². The van der Waals surface area contributed by atoms with Gasteiger partial charge in [-0.3, -0.25) is 0 Å². The van der Waals surface area contributed by atoms with E-state index in [1.165, 1.54) is 6.42 Å². The van der Waals surface area contributed by atoms with Gasteiger partial charge in [-0.15, -0.1) is 0 Å². The van der Waals surface area contributed by atoms with Gasteiger partial charge in [0.2, 0.25) is 5.95 Å². The second kappa shape index (κ2) is 3.92. The van der Waals surface area contributed by atoms with Crippen molar-refractivity contribution < 1.29 is 0 Å². The van der Waals surface area contributed by atoms with E-state index in [-0.39, 0.29) is 0 Å². The van der Waals surface area contributed by atoms with Crippen LogP contribution in [0.2, 0.25) is 0 Å². The second-order valence-corrected chi connectivity index (χ2v) is 4.06. The Morgan fingerprint density at radius 1 is 1.53 bits per heavy atom. The van der Waals surface area contributed by atoms with Crippen molar-refractivity contribution in [2.75, 3.05) is 36.1 Å². The highest BCUT2D eigenvalue weighted by Crippen LogP contribution is 2.23. The van der Waals surface area contributed by atoms with Gasteiger partial charge in [0.15, 0.2) is 0 Å². The molecule has 1 saturated heterocycles. The molecule has 5 heteroatoms. The van der Waals surface area contributed by atoms with Gasteiger partial charge in [0.25, 0.3) is 0 Å². The lowest BCUT2D eigenvalue weighted by Crippen LogP contribution is -2.21. The molecule has 2 heterocycles. The standard InChI is InChI=1S/C10H17N5/c1-7-3-4-15(6-7)9-5-8(12-2)13-10(11)14-9/h5,7H,3-4,6H2,1-2H3,(H3,11,12,13,14). The Morgan fingerprint density at radius 3 is 2.93 bits per heavy atom. The minimum absolute atomic E-state index is 0.330. The van der Waals surface area contributed by atoms with Gasteiger partial charge in [0.05, 0.1) is 0 Å². The smallest absolute Gasteiger partial charge is 0.223 e. The summed E-state index contributed by atoms with van der Waals surface area (Å²) in [6, 6.07) is 1.94. The Morgan fingerprint density at radius 2 is 2.33 bits per heavy atom. The molecule has 0 saturated carbocycles. The SMILES string of the molecule is CNc1cc(N2CCC(C)C2)nc(N)n1. The van der Waals surface area contributed by atoms with E-state index in [4.69, 9.17) is 5.73 Å². The van der Waals surface area contributed by atoms with Crippen molar-refractivity contribution in [2.45, 2.75) is 13.3 Å². The molecule has 0 radical (unpaired) electrons. The highest BCUT2D eigenvalue weighted by molar-refractivity contribution is 5.52. The Hall–Kier alpha value is -1.52. The Labute approximate surface area is 89.7 Å². The first-order valence-corrected chi connectivity index (χ1v) is 5.26. The molecule has 1 aromatic rings. The van der Waals surface area contributed by atoms with Gasteiger partial charge in [-0.05, 0) is 12.3 Å². The fraction of sp³-hybridized carbons (Fsp3) is 0.600. The van der Waals surface area contributed by atoms with Crippen LogP contribution in [0.1, 0.15) is 13.3 Å². The summed E-state index contributed by atoms with van der Waals surface area (Å²) >= 11 is 0. The molecule has 1 aliphatic rings. The summed E-state index contributed by atoms with van der Waals surface area (Å²) < 4.78 is 0. The summed E-state index contributed by atoms with van der Waals surface area (Å²) in [6.07, 6.45) is 1.22. The highest BCUT2D eigenvalue weighted by atomic mass is 15.2. The number of nitrogens with zero attached hydrogens (tertiary/aromatic N) is 3. The van der Waals surface area contributed by atoms with Crippen molar-refractivity contribution >= 4 is 17.6 Å². The average molecular weight is 207 g/mol. The van der Waals surface area contributed by atoms with Crippen molar-refractivity contribution in [3.05, 3.63) is 6.07 Å². The largest absolute Gasteiger partial charge is 0.373 e. The summed E-state index contributed by atoms with van der Waals surface area (Å²) in [5, 5.41) is 2.99. The first-order chi connectivity index (χ1) is 7.19. The van der Waals surface area contributed by atoms with Crippen molar-refractivity contribution in [3.63, 3.8) is 0 Å². The molecule has 1 fully saturated rings. The Kier molecular flexibility index (Phi) is 2.62. The molecular weight excluding hydrogens is 190 g/mol. The van der Waals surface area contributed by atoms with Crippen LogP contribution in [-0.4, -0.2) is 30.1 Å². The zero-order valence-electron chi connectivity index (χ0n) is 9.20. The van der Waals surface area contributed by atoms with Crippen LogP contribution in [0.4, 0.5) is 17.6 Å². The maximum Gasteiger partial charge on any atom is 0.223 e. The number of nitrogens with one attached hydrogen (secondary N) is 1. The van der Waals surface area contributed by atoms with E-state index in [2.05, 4.69) is 27.1 Å². The van der Waals surface area contributed by atoms with E-state index in [0.29, 0.717) is 5.95 Å². The van der Waals surface area contributed by atoms with Gasteiger partial charge >= 0.3 is 0 Å². The van der Waals surface area contributed by atoms with E-state index in [9.17, 15) is 0 Å². The lowest BCUT2D eigenvalue weighted by Gasteiger charge is -2.17. The van der Waals surface area contributed by atoms with Crippen LogP contribution in [0.15, 0.2) is 6.07 Å². The molecule has 0 bridgehead atoms. The van der Waals surface area contributed by atoms with Crippen LogP contribution in [-0.2, 0) is 0 Å². The molecule has 3 N–H and O–H groups in total. The molecule has 15 heavy (non-hydrogen) atoms. The topological polar surface area (TPSA) is 67.1 Å². The lowest BCUT2D eigenvalue weighted by atomic mass is 10.2. The molecule has 5 nitrogen and oxygen atoms in total. The van der Waals surface area contributed by atoms with Crippen LogP contribution >= 0.6 is 0 Å². The molecule has 2 rings (SSSR count). The fourth-order valence-corrected chi connectivity index (χ4v) is 1.89. The molecule has 0 amide bonds. The Balaban J connectivity index is 2.24. The molecular formula is C10H17N5. The lowest BCUT2D eigenvalue weighted by molar-refractivity contribution is 0.659. The molecule has 1 aliphatic heterocycles. The summed E-state index contributed by atoms with van der Waals surface area (Å²) in [6.45, 7) is 4.36. The van der Waals surface area contributed by atoms with Gasteiger partial charge in [0, 0.05) is 26.2 Å². The van der Waals surface area contributed by atoms with Gasteiger partial charge in [0.1, 0.15) is 11.6 Å². The van der Waals surface area contributed by atoms with E-state index < -0.39 is 0 Å². The zero-order chi connectivity index (χ0) is 10.8. The molecule has 1 unspecified atom stereocenters. The first kappa shape index (κ1) is 10.0. The van der Waals surface area contributed by atoms with E-state index in [1.807, 2.05) is 13.1 Å². The van der Waals surface area contributed by atoms with E-state index in [1.54, 1.807) is 0 Å². The third-order valence-electron chi connectivity index (χ3n) is 2.73. The molecule has 0 aromatic carbocycles. The molecule has 1 aromatic heterocycles. The fourth-order valence-electron chi connectivity index (χ4n) is 1.89. The second-order valence-electron chi connectivity index (χ2n) is 4.06. The van der Waals surface area contributed by atoms with Crippen molar-refractivity contribution in [3.8, 4) is 0 Å². The number of hydrogen-bond donors (Lipinski definition) is 2. The number of nitrogen functional groups attached to an aromatic ring is 1. The molecule has 0 aliphatic carbocycles. The third kappa shape index (κ3) is 2.11. The monoisotopic (exact) mass is 207 g/mol. The quantitative estimate of drug-likeness (QED) is 0.755. The van der Waals surface area contributed by atoms with Crippen LogP contribution in [0.3, 0.4) is 0 Å². The molecule has 82 valence electrons. The minimum Gasteiger partial charge on any atom is -0.373 e. The predicted octanol–water partition coefficient (Wildman–Crippen LogP) is 0.947. The summed E-state index contributed by atoms with van der Waals surface area (Å²) in [4.78, 5) is 10.6. The maximum absolute atomic E-state index is 5.65. The highest BCUT2D eigenvalue weighted by Gasteiger charge is 2.20. The Bertz CT molecular complexity index is 352. The minimum atomic E-state index is 0.330. The van der Waals surface area contributed by atoms with E-state index >= 15 is 0 Å². The van der Waals surface area contributed by atoms with Crippen LogP contribution in [0.25, 0.3) is 0 Å². The summed E-state index contributed by atoms with van der Waals surface area (Å²) in [7, 11) is 1.83. The van der Waals surface area contributed by atoms with E-state index in [0.717, 1.165) is 30.6 Å². The van der Waals surface area contributed by atoms with Crippen molar-refractivity contribution in [1.82, 2.24) is 9.97 Å². The van der Waals surface area contributed by atoms with Crippen LogP contribution in [0, 0.1) is 5.92 Å². The van der Waals surface area contributed by atoms with Crippen LogP contribution < -0.4 is 16.0 Å². The van der Waals surface area contributed by atoms with Crippen LogP contribution in [0.5, 0.6) is 0 Å². The third-order valence-corrected chi connectivity index (χ3v) is 2.73. The molecule has 1 atom stereocenters. The number of rotatable bonds is 2. The maximum atomic E-state index is 5.65. The number of aromatic nitrogens is 2. The first-order valence-electron chi connectivity index (χ1n) is 5.26. The van der Waals surface area contributed by atoms with Gasteiger partial charge < -0.3 is 16.0 Å². The van der Waals surface area contributed by atoms with Gasteiger partial charge in [-0.1, -0.05) is 6.92 Å². The predicted molar refractivity (Wildman–Crippen MR) is 62.0 cm³/mol. The summed E-state index contributed by atoms with van der Waals surface area (Å²) in [5.41, 5.74) is 5.65. The average Bonchev–Trinajstić information content (AvgIpc) is 2.64. The normalized spacial score (nSPS) is 20.7. The number of nitrogens with two attached hydrogens (primary N) is 1. The van der Waals surface area contributed by atoms with Gasteiger partial charge in [-0.2, -0.15) is 9.97 Å². The number of hydrogen-bond acceptors (Lipinski definition) is 5.